The monoisotopic (exact) mass is 314 g/mol. The normalized spacial score (nSPS) is 12.5. The number of aryl methyl sites for hydroxylation is 2. The Morgan fingerprint density at radius 3 is 2.62 bits per heavy atom. The van der Waals surface area contributed by atoms with Crippen LogP contribution in [0.5, 0.6) is 0 Å². The van der Waals surface area contributed by atoms with Gasteiger partial charge < -0.3 is 5.73 Å². The van der Waals surface area contributed by atoms with Crippen molar-refractivity contribution in [3.63, 3.8) is 0 Å². The van der Waals surface area contributed by atoms with Gasteiger partial charge in [-0.25, -0.2) is 4.98 Å². The summed E-state index contributed by atoms with van der Waals surface area (Å²) in [5.74, 6) is 0. The van der Waals surface area contributed by atoms with Gasteiger partial charge in [0, 0.05) is 33.2 Å². The van der Waals surface area contributed by atoms with Gasteiger partial charge in [0.25, 0.3) is 0 Å². The average Bonchev–Trinajstić information content (AvgIpc) is 3.06. The number of nitrogens with two attached hydrogens (primary N) is 1. The molecule has 0 fully saturated rings. The van der Waals surface area contributed by atoms with E-state index in [0.717, 1.165) is 22.7 Å². The molecule has 2 nitrogen and oxygen atoms in total. The summed E-state index contributed by atoms with van der Waals surface area (Å²) in [5.41, 5.74) is 9.78. The largest absolute Gasteiger partial charge is 0.324 e. The van der Waals surface area contributed by atoms with Crippen molar-refractivity contribution in [3.8, 4) is 10.6 Å². The van der Waals surface area contributed by atoms with Gasteiger partial charge >= 0.3 is 0 Å². The molecule has 2 aromatic heterocycles. The molecule has 0 saturated carbocycles. The van der Waals surface area contributed by atoms with Crippen molar-refractivity contribution >= 4 is 22.7 Å². The zero-order chi connectivity index (χ0) is 14.8. The molecule has 0 saturated heterocycles. The molecule has 2 heterocycles. The topological polar surface area (TPSA) is 38.9 Å². The van der Waals surface area contributed by atoms with Crippen LogP contribution >= 0.6 is 22.7 Å². The Bertz CT molecular complexity index is 728. The highest BCUT2D eigenvalue weighted by Gasteiger charge is 2.13. The van der Waals surface area contributed by atoms with Gasteiger partial charge in [-0.15, -0.1) is 22.7 Å². The third kappa shape index (κ3) is 3.23. The van der Waals surface area contributed by atoms with Crippen molar-refractivity contribution in [1.29, 1.82) is 0 Å². The average molecular weight is 314 g/mol. The quantitative estimate of drug-likeness (QED) is 0.756. The number of hydrogen-bond acceptors (Lipinski definition) is 4. The van der Waals surface area contributed by atoms with Gasteiger partial charge in [0.2, 0.25) is 0 Å². The Balaban J connectivity index is 1.78. The van der Waals surface area contributed by atoms with Crippen LogP contribution in [0.4, 0.5) is 0 Å². The second kappa shape index (κ2) is 6.10. The molecule has 1 unspecified atom stereocenters. The number of nitrogens with zero attached hydrogens (tertiary/aromatic N) is 1. The van der Waals surface area contributed by atoms with E-state index in [-0.39, 0.29) is 6.04 Å². The molecule has 108 valence electrons. The Hall–Kier alpha value is -1.49. The molecular formula is C17H18N2S2. The Morgan fingerprint density at radius 1 is 1.19 bits per heavy atom. The minimum Gasteiger partial charge on any atom is -0.324 e. The zero-order valence-electron chi connectivity index (χ0n) is 12.2. The molecular weight excluding hydrogens is 296 g/mol. The molecule has 4 heteroatoms. The molecule has 21 heavy (non-hydrogen) atoms. The number of benzene rings is 1. The van der Waals surface area contributed by atoms with E-state index in [4.69, 9.17) is 10.7 Å². The highest BCUT2D eigenvalue weighted by atomic mass is 32.1. The lowest BCUT2D eigenvalue weighted by atomic mass is 10.0. The summed E-state index contributed by atoms with van der Waals surface area (Å²) in [6.07, 6.45) is 0.780. The van der Waals surface area contributed by atoms with Crippen molar-refractivity contribution < 1.29 is 0 Å². The van der Waals surface area contributed by atoms with Crippen molar-refractivity contribution in [1.82, 2.24) is 4.98 Å². The first-order chi connectivity index (χ1) is 10.1. The van der Waals surface area contributed by atoms with E-state index in [9.17, 15) is 0 Å². The minimum atomic E-state index is 0.00598. The lowest BCUT2D eigenvalue weighted by molar-refractivity contribution is 0.710. The third-order valence-corrected chi connectivity index (χ3v) is 5.37. The number of hydrogen-bond donors (Lipinski definition) is 1. The maximum Gasteiger partial charge on any atom is 0.124 e. The minimum absolute atomic E-state index is 0.00598. The number of rotatable bonds is 4. The van der Waals surface area contributed by atoms with Gasteiger partial charge in [-0.2, -0.15) is 0 Å². The van der Waals surface area contributed by atoms with E-state index in [1.54, 1.807) is 11.3 Å². The van der Waals surface area contributed by atoms with Crippen molar-refractivity contribution in [3.05, 3.63) is 62.8 Å². The van der Waals surface area contributed by atoms with Crippen LogP contribution in [-0.2, 0) is 6.42 Å². The van der Waals surface area contributed by atoms with Crippen LogP contribution < -0.4 is 5.73 Å². The molecule has 3 aromatic rings. The molecule has 0 aliphatic rings. The smallest absolute Gasteiger partial charge is 0.124 e. The first-order valence-electron chi connectivity index (χ1n) is 6.96. The van der Waals surface area contributed by atoms with Gasteiger partial charge in [-0.05, 0) is 25.5 Å². The molecule has 1 atom stereocenters. The van der Waals surface area contributed by atoms with Gasteiger partial charge in [0.1, 0.15) is 5.01 Å². The standard InChI is InChI=1S/C17H18N2S2/c1-11-8-15(12(2)21-11)17-19-14(10-20-17)9-16(18)13-6-4-3-5-7-13/h3-8,10,16H,9,18H2,1-2H3. The first kappa shape index (κ1) is 14.4. The second-order valence-electron chi connectivity index (χ2n) is 5.19. The second-order valence-corrected chi connectivity index (χ2v) is 7.51. The van der Waals surface area contributed by atoms with E-state index in [2.05, 4.69) is 37.4 Å². The van der Waals surface area contributed by atoms with E-state index < -0.39 is 0 Å². The molecule has 0 aliphatic heterocycles. The van der Waals surface area contributed by atoms with Crippen LogP contribution in [0, 0.1) is 13.8 Å². The van der Waals surface area contributed by atoms with E-state index in [1.165, 1.54) is 15.3 Å². The van der Waals surface area contributed by atoms with Crippen molar-refractivity contribution in [2.24, 2.45) is 5.73 Å². The van der Waals surface area contributed by atoms with Crippen LogP contribution in [0.1, 0.15) is 27.1 Å². The lowest BCUT2D eigenvalue weighted by Gasteiger charge is -2.09. The SMILES string of the molecule is Cc1cc(-c2nc(CC(N)c3ccccc3)cs2)c(C)s1. The third-order valence-electron chi connectivity index (χ3n) is 3.48. The molecule has 0 amide bonds. The maximum absolute atomic E-state index is 6.28. The highest BCUT2D eigenvalue weighted by molar-refractivity contribution is 7.15. The molecule has 1 aromatic carbocycles. The van der Waals surface area contributed by atoms with Crippen LogP contribution in [0.3, 0.4) is 0 Å². The van der Waals surface area contributed by atoms with Gasteiger partial charge in [0.15, 0.2) is 0 Å². The van der Waals surface area contributed by atoms with Crippen LogP contribution in [0.2, 0.25) is 0 Å². The number of thiophene rings is 1. The predicted octanol–water partition coefficient (Wildman–Crippen LogP) is 4.73. The molecule has 0 radical (unpaired) electrons. The zero-order valence-corrected chi connectivity index (χ0v) is 13.8. The Morgan fingerprint density at radius 2 is 1.95 bits per heavy atom. The van der Waals surface area contributed by atoms with E-state index in [1.807, 2.05) is 29.5 Å². The van der Waals surface area contributed by atoms with Gasteiger partial charge in [0.05, 0.1) is 5.69 Å². The van der Waals surface area contributed by atoms with Crippen molar-refractivity contribution in [2.45, 2.75) is 26.3 Å². The summed E-state index contributed by atoms with van der Waals surface area (Å²) in [6, 6.07) is 12.4. The Kier molecular flexibility index (Phi) is 4.19. The van der Waals surface area contributed by atoms with E-state index in [0.29, 0.717) is 0 Å². The fourth-order valence-corrected chi connectivity index (χ4v) is 4.31. The number of thiazole rings is 1. The molecule has 2 N–H and O–H groups in total. The summed E-state index contributed by atoms with van der Waals surface area (Å²) in [4.78, 5) is 7.43. The highest BCUT2D eigenvalue weighted by Crippen LogP contribution is 2.33. The van der Waals surface area contributed by atoms with Crippen LogP contribution in [0.15, 0.2) is 41.8 Å². The van der Waals surface area contributed by atoms with Gasteiger partial charge in [-0.3, -0.25) is 0 Å². The summed E-state index contributed by atoms with van der Waals surface area (Å²) >= 11 is 3.53. The fraction of sp³-hybridized carbons (Fsp3) is 0.235. The summed E-state index contributed by atoms with van der Waals surface area (Å²) in [6.45, 7) is 4.30. The first-order valence-corrected chi connectivity index (χ1v) is 8.65. The Labute approximate surface area is 133 Å². The summed E-state index contributed by atoms with van der Waals surface area (Å²) in [5, 5.41) is 3.23. The molecule has 3 rings (SSSR count). The molecule has 0 aliphatic carbocycles. The maximum atomic E-state index is 6.28. The van der Waals surface area contributed by atoms with Crippen molar-refractivity contribution in [2.75, 3.05) is 0 Å². The molecule has 0 spiro atoms. The predicted molar refractivity (Wildman–Crippen MR) is 92.0 cm³/mol. The summed E-state index contributed by atoms with van der Waals surface area (Å²) < 4.78 is 0. The lowest BCUT2D eigenvalue weighted by Crippen LogP contribution is -2.13. The van der Waals surface area contributed by atoms with Gasteiger partial charge in [-0.1, -0.05) is 30.3 Å². The van der Waals surface area contributed by atoms with E-state index >= 15 is 0 Å². The molecule has 0 bridgehead atoms. The fourth-order valence-electron chi connectivity index (χ4n) is 2.41. The summed E-state index contributed by atoms with van der Waals surface area (Å²) in [7, 11) is 0. The van der Waals surface area contributed by atoms with Crippen LogP contribution in [0.25, 0.3) is 10.6 Å². The number of aromatic nitrogens is 1. The van der Waals surface area contributed by atoms with Crippen LogP contribution in [-0.4, -0.2) is 4.98 Å².